The molecule has 2 aromatic rings. The number of hydrogen-bond acceptors (Lipinski definition) is 2. The van der Waals surface area contributed by atoms with Crippen LogP contribution in [0.3, 0.4) is 0 Å². The molecular weight excluding hydrogens is 235 g/mol. The van der Waals surface area contributed by atoms with Gasteiger partial charge in [-0.25, -0.2) is 4.39 Å². The quantitative estimate of drug-likeness (QED) is 0.751. The Kier molecular flexibility index (Phi) is 3.38. The molecule has 0 fully saturated rings. The van der Waals surface area contributed by atoms with Crippen LogP contribution in [0.15, 0.2) is 30.3 Å². The Morgan fingerprint density at radius 1 is 1.29 bits per heavy atom. The molecule has 0 spiro atoms. The van der Waals surface area contributed by atoms with Gasteiger partial charge in [0.05, 0.1) is 4.88 Å². The zero-order valence-electron chi connectivity index (χ0n) is 9.79. The van der Waals surface area contributed by atoms with E-state index in [4.69, 9.17) is 0 Å². The first-order chi connectivity index (χ1) is 8.11. The van der Waals surface area contributed by atoms with Crippen LogP contribution in [-0.4, -0.2) is 5.78 Å². The van der Waals surface area contributed by atoms with Crippen LogP contribution in [0, 0.1) is 12.7 Å². The second-order valence-electron chi connectivity index (χ2n) is 3.91. The molecule has 0 atom stereocenters. The van der Waals surface area contributed by atoms with Crippen LogP contribution in [0.5, 0.6) is 0 Å². The molecule has 1 nitrogen and oxygen atoms in total. The van der Waals surface area contributed by atoms with Crippen LogP contribution in [0.4, 0.5) is 4.39 Å². The molecule has 1 aromatic heterocycles. The lowest BCUT2D eigenvalue weighted by molar-refractivity contribution is 0.104. The van der Waals surface area contributed by atoms with E-state index in [1.807, 2.05) is 19.1 Å². The van der Waals surface area contributed by atoms with E-state index in [1.165, 1.54) is 22.3 Å². The van der Waals surface area contributed by atoms with Crippen LogP contribution in [-0.2, 0) is 6.42 Å². The van der Waals surface area contributed by atoms with E-state index in [9.17, 15) is 9.18 Å². The lowest BCUT2D eigenvalue weighted by Crippen LogP contribution is -1.99. The van der Waals surface area contributed by atoms with Crippen molar-refractivity contribution in [2.24, 2.45) is 0 Å². The van der Waals surface area contributed by atoms with Crippen molar-refractivity contribution in [2.75, 3.05) is 0 Å². The number of carbonyl (C=O) groups excluding carboxylic acids is 1. The predicted molar refractivity (Wildman–Crippen MR) is 68.3 cm³/mol. The first kappa shape index (κ1) is 12.0. The third-order valence-electron chi connectivity index (χ3n) is 2.67. The zero-order chi connectivity index (χ0) is 12.4. The molecule has 0 aliphatic carbocycles. The first-order valence-corrected chi connectivity index (χ1v) is 6.33. The molecule has 0 aliphatic rings. The normalized spacial score (nSPS) is 10.5. The molecular formula is C14H13FOS. The molecule has 0 unspecified atom stereocenters. The van der Waals surface area contributed by atoms with Gasteiger partial charge in [0.1, 0.15) is 5.82 Å². The Bertz CT molecular complexity index is 557. The van der Waals surface area contributed by atoms with E-state index in [0.29, 0.717) is 16.0 Å². The minimum atomic E-state index is -0.330. The van der Waals surface area contributed by atoms with E-state index in [2.05, 4.69) is 0 Å². The molecule has 0 radical (unpaired) electrons. The Hall–Kier alpha value is -1.48. The summed E-state index contributed by atoms with van der Waals surface area (Å²) >= 11 is 1.47. The number of carbonyl (C=O) groups is 1. The van der Waals surface area contributed by atoms with Gasteiger partial charge in [-0.15, -0.1) is 11.3 Å². The Balaban J connectivity index is 2.33. The molecule has 17 heavy (non-hydrogen) atoms. The molecule has 3 heteroatoms. The van der Waals surface area contributed by atoms with E-state index in [1.54, 1.807) is 19.1 Å². The molecule has 0 aliphatic heterocycles. The van der Waals surface area contributed by atoms with Gasteiger partial charge in [-0.3, -0.25) is 4.79 Å². The summed E-state index contributed by atoms with van der Waals surface area (Å²) in [5.74, 6) is -0.434. The smallest absolute Gasteiger partial charge is 0.203 e. The summed E-state index contributed by atoms with van der Waals surface area (Å²) < 4.78 is 13.4. The maximum Gasteiger partial charge on any atom is 0.203 e. The molecule has 0 N–H and O–H groups in total. The molecule has 1 heterocycles. The van der Waals surface area contributed by atoms with Gasteiger partial charge in [-0.05, 0) is 37.1 Å². The second-order valence-corrected chi connectivity index (χ2v) is 5.08. The fraction of sp³-hybridized carbons (Fsp3) is 0.214. The zero-order valence-corrected chi connectivity index (χ0v) is 10.6. The number of benzene rings is 1. The first-order valence-electron chi connectivity index (χ1n) is 5.51. The maximum atomic E-state index is 13.4. The summed E-state index contributed by atoms with van der Waals surface area (Å²) in [7, 11) is 0. The number of aryl methyl sites for hydroxylation is 2. The van der Waals surface area contributed by atoms with Gasteiger partial charge in [0, 0.05) is 10.4 Å². The number of hydrogen-bond donors (Lipinski definition) is 0. The van der Waals surface area contributed by atoms with Crippen LogP contribution in [0.25, 0.3) is 0 Å². The highest BCUT2D eigenvalue weighted by Crippen LogP contribution is 2.21. The summed E-state index contributed by atoms with van der Waals surface area (Å²) in [6.07, 6.45) is 0.917. The SMILES string of the molecule is CCc1ccc(C(=O)c2ccc(C)c(F)c2)s1. The van der Waals surface area contributed by atoms with Crippen molar-refractivity contribution in [3.05, 3.63) is 57.0 Å². The number of halogens is 1. The summed E-state index contributed by atoms with van der Waals surface area (Å²) in [5, 5.41) is 0. The fourth-order valence-electron chi connectivity index (χ4n) is 1.57. The van der Waals surface area contributed by atoms with Crippen molar-refractivity contribution >= 4 is 17.1 Å². The average molecular weight is 248 g/mol. The predicted octanol–water partition coefficient (Wildman–Crippen LogP) is 3.99. The molecule has 88 valence electrons. The summed E-state index contributed by atoms with van der Waals surface area (Å²) in [6.45, 7) is 3.73. The van der Waals surface area contributed by atoms with Crippen molar-refractivity contribution in [1.29, 1.82) is 0 Å². The number of rotatable bonds is 3. The lowest BCUT2D eigenvalue weighted by Gasteiger charge is -2.00. The van der Waals surface area contributed by atoms with Crippen LogP contribution in [0.2, 0.25) is 0 Å². The van der Waals surface area contributed by atoms with Gasteiger partial charge in [0.2, 0.25) is 5.78 Å². The Morgan fingerprint density at radius 2 is 2.06 bits per heavy atom. The van der Waals surface area contributed by atoms with Gasteiger partial charge in [0.25, 0.3) is 0 Å². The summed E-state index contributed by atoms with van der Waals surface area (Å²) in [4.78, 5) is 13.9. The highest BCUT2D eigenvalue weighted by atomic mass is 32.1. The molecule has 0 saturated heterocycles. The van der Waals surface area contributed by atoms with Crippen molar-refractivity contribution in [1.82, 2.24) is 0 Å². The number of ketones is 1. The standard InChI is InChI=1S/C14H13FOS/c1-3-11-6-7-13(17-11)14(16)10-5-4-9(2)12(15)8-10/h4-8H,3H2,1-2H3. The largest absolute Gasteiger partial charge is 0.288 e. The third-order valence-corrected chi connectivity index (χ3v) is 3.90. The molecule has 0 bridgehead atoms. The van der Waals surface area contributed by atoms with Gasteiger partial charge >= 0.3 is 0 Å². The fourth-order valence-corrected chi connectivity index (χ4v) is 2.48. The van der Waals surface area contributed by atoms with Crippen molar-refractivity contribution in [3.63, 3.8) is 0 Å². The monoisotopic (exact) mass is 248 g/mol. The summed E-state index contributed by atoms with van der Waals surface area (Å²) in [6, 6.07) is 8.37. The maximum absolute atomic E-state index is 13.4. The number of thiophene rings is 1. The van der Waals surface area contributed by atoms with Gasteiger partial charge in [0.15, 0.2) is 0 Å². The van der Waals surface area contributed by atoms with Crippen LogP contribution in [0.1, 0.15) is 32.6 Å². The molecule has 2 rings (SSSR count). The molecule has 0 saturated carbocycles. The average Bonchev–Trinajstić information content (AvgIpc) is 2.80. The van der Waals surface area contributed by atoms with E-state index in [0.717, 1.165) is 6.42 Å². The third kappa shape index (κ3) is 2.44. The van der Waals surface area contributed by atoms with Crippen molar-refractivity contribution < 1.29 is 9.18 Å². The van der Waals surface area contributed by atoms with Crippen molar-refractivity contribution in [3.8, 4) is 0 Å². The van der Waals surface area contributed by atoms with Crippen LogP contribution >= 0.6 is 11.3 Å². The summed E-state index contributed by atoms with van der Waals surface area (Å²) in [5.41, 5.74) is 0.972. The Labute approximate surface area is 104 Å². The molecule has 1 aromatic carbocycles. The van der Waals surface area contributed by atoms with E-state index < -0.39 is 0 Å². The second kappa shape index (κ2) is 4.80. The molecule has 0 amide bonds. The van der Waals surface area contributed by atoms with E-state index >= 15 is 0 Å². The van der Waals surface area contributed by atoms with Crippen molar-refractivity contribution in [2.45, 2.75) is 20.3 Å². The van der Waals surface area contributed by atoms with Gasteiger partial charge < -0.3 is 0 Å². The highest BCUT2D eigenvalue weighted by molar-refractivity contribution is 7.14. The lowest BCUT2D eigenvalue weighted by atomic mass is 10.1. The minimum Gasteiger partial charge on any atom is -0.288 e. The highest BCUT2D eigenvalue weighted by Gasteiger charge is 2.12. The van der Waals surface area contributed by atoms with Gasteiger partial charge in [-0.2, -0.15) is 0 Å². The minimum absolute atomic E-state index is 0.103. The van der Waals surface area contributed by atoms with Crippen LogP contribution < -0.4 is 0 Å². The topological polar surface area (TPSA) is 17.1 Å². The van der Waals surface area contributed by atoms with E-state index in [-0.39, 0.29) is 11.6 Å². The van der Waals surface area contributed by atoms with Gasteiger partial charge in [-0.1, -0.05) is 19.1 Å². The Morgan fingerprint density at radius 3 is 2.65 bits per heavy atom.